The fourth-order valence-corrected chi connectivity index (χ4v) is 2.23. The lowest BCUT2D eigenvalue weighted by molar-refractivity contribution is 0.368. The predicted octanol–water partition coefficient (Wildman–Crippen LogP) is 3.67. The second-order valence-corrected chi connectivity index (χ2v) is 5.67. The van der Waals surface area contributed by atoms with E-state index in [0.717, 1.165) is 15.7 Å². The zero-order chi connectivity index (χ0) is 16.5. The van der Waals surface area contributed by atoms with Crippen molar-refractivity contribution in [2.24, 2.45) is 5.10 Å². The molecule has 0 bridgehead atoms. The molecule has 0 spiro atoms. The Morgan fingerprint density at radius 3 is 2.78 bits per heavy atom. The van der Waals surface area contributed by atoms with Gasteiger partial charge in [-0.2, -0.15) is 10.4 Å². The van der Waals surface area contributed by atoms with Gasteiger partial charge in [0.05, 0.1) is 6.21 Å². The van der Waals surface area contributed by atoms with Crippen LogP contribution in [0.3, 0.4) is 0 Å². The van der Waals surface area contributed by atoms with Crippen molar-refractivity contribution in [1.82, 2.24) is 5.43 Å². The maximum absolute atomic E-state index is 8.45. The monoisotopic (exact) mass is 388 g/mol. The lowest BCUT2D eigenvalue weighted by atomic mass is 10.2. The quantitative estimate of drug-likeness (QED) is 0.464. The highest BCUT2D eigenvalue weighted by Gasteiger charge is 1.97. The van der Waals surface area contributed by atoms with E-state index in [-0.39, 0.29) is 6.61 Å². The van der Waals surface area contributed by atoms with E-state index in [1.54, 1.807) is 18.3 Å². The van der Waals surface area contributed by atoms with Gasteiger partial charge in [0, 0.05) is 10.2 Å². The average molecular weight is 389 g/mol. The van der Waals surface area contributed by atoms with Crippen molar-refractivity contribution in [3.8, 4) is 11.8 Å². The second-order valence-electron chi connectivity index (χ2n) is 4.35. The number of halogens is 1. The standard InChI is InChI=1S/C16H13BrN4OS/c17-13-2-1-3-14(10-13)20-16(23)21-19-11-12-4-6-15(7-5-12)22-9-8-18/h1-7,10-11H,9H2,(H2,20,21,23)/b19-11-. The maximum atomic E-state index is 8.45. The molecule has 0 aliphatic carbocycles. The van der Waals surface area contributed by atoms with Gasteiger partial charge in [0.15, 0.2) is 11.7 Å². The Morgan fingerprint density at radius 2 is 2.09 bits per heavy atom. The second kappa shape index (κ2) is 8.88. The minimum absolute atomic E-state index is 0.0323. The molecule has 0 aliphatic rings. The van der Waals surface area contributed by atoms with Crippen molar-refractivity contribution in [3.63, 3.8) is 0 Å². The number of hydrogen-bond donors (Lipinski definition) is 2. The molecule has 0 radical (unpaired) electrons. The Morgan fingerprint density at radius 1 is 1.30 bits per heavy atom. The summed E-state index contributed by atoms with van der Waals surface area (Å²) in [6.07, 6.45) is 1.64. The van der Waals surface area contributed by atoms with Crippen molar-refractivity contribution in [3.05, 3.63) is 58.6 Å². The SMILES string of the molecule is N#CCOc1ccc(/C=N\NC(=S)Nc2cccc(Br)c2)cc1. The summed E-state index contributed by atoms with van der Waals surface area (Å²) >= 11 is 8.56. The van der Waals surface area contributed by atoms with E-state index >= 15 is 0 Å². The minimum Gasteiger partial charge on any atom is -0.479 e. The fraction of sp³-hybridized carbons (Fsp3) is 0.0625. The Labute approximate surface area is 148 Å². The first kappa shape index (κ1) is 16.9. The Hall–Kier alpha value is -2.43. The topological polar surface area (TPSA) is 69.4 Å². The van der Waals surface area contributed by atoms with E-state index in [0.29, 0.717) is 10.9 Å². The van der Waals surface area contributed by atoms with Crippen molar-refractivity contribution >= 4 is 45.2 Å². The Balaban J connectivity index is 1.83. The van der Waals surface area contributed by atoms with Crippen LogP contribution in [-0.2, 0) is 0 Å². The van der Waals surface area contributed by atoms with Gasteiger partial charge in [-0.15, -0.1) is 0 Å². The Kier molecular flexibility index (Phi) is 6.54. The molecule has 0 aromatic heterocycles. The van der Waals surface area contributed by atoms with Crippen LogP contribution in [0.4, 0.5) is 5.69 Å². The van der Waals surface area contributed by atoms with E-state index in [1.165, 1.54) is 0 Å². The summed E-state index contributed by atoms with van der Waals surface area (Å²) in [5.41, 5.74) is 4.50. The lowest BCUT2D eigenvalue weighted by Crippen LogP contribution is -2.23. The fourth-order valence-electron chi connectivity index (χ4n) is 1.66. The highest BCUT2D eigenvalue weighted by Crippen LogP contribution is 2.15. The maximum Gasteiger partial charge on any atom is 0.191 e. The Bertz CT molecular complexity index is 740. The van der Waals surface area contributed by atoms with Crippen LogP contribution in [0, 0.1) is 11.3 Å². The summed E-state index contributed by atoms with van der Waals surface area (Å²) in [6.45, 7) is 0.0323. The third kappa shape index (κ3) is 6.06. The number of anilines is 1. The molecule has 0 saturated carbocycles. The third-order valence-electron chi connectivity index (χ3n) is 2.65. The van der Waals surface area contributed by atoms with Crippen LogP contribution in [0.2, 0.25) is 0 Å². The highest BCUT2D eigenvalue weighted by atomic mass is 79.9. The number of ether oxygens (including phenoxy) is 1. The van der Waals surface area contributed by atoms with Crippen molar-refractivity contribution < 1.29 is 4.74 Å². The molecule has 7 heteroatoms. The largest absolute Gasteiger partial charge is 0.479 e. The zero-order valence-electron chi connectivity index (χ0n) is 12.0. The van der Waals surface area contributed by atoms with Crippen LogP contribution in [0.25, 0.3) is 0 Å². The van der Waals surface area contributed by atoms with Gasteiger partial charge in [-0.3, -0.25) is 5.43 Å². The van der Waals surface area contributed by atoms with Crippen LogP contribution >= 0.6 is 28.1 Å². The number of hydrogen-bond acceptors (Lipinski definition) is 4. The molecule has 0 atom stereocenters. The number of nitrogens with zero attached hydrogens (tertiary/aromatic N) is 2. The summed E-state index contributed by atoms with van der Waals surface area (Å²) < 4.78 is 6.14. The number of hydrazone groups is 1. The van der Waals surface area contributed by atoms with Crippen LogP contribution in [0.15, 0.2) is 58.1 Å². The summed E-state index contributed by atoms with van der Waals surface area (Å²) in [5.74, 6) is 0.642. The highest BCUT2D eigenvalue weighted by molar-refractivity contribution is 9.10. The average Bonchev–Trinajstić information content (AvgIpc) is 2.54. The number of rotatable bonds is 5. The lowest BCUT2D eigenvalue weighted by Gasteiger charge is -2.07. The van der Waals surface area contributed by atoms with Gasteiger partial charge < -0.3 is 10.1 Å². The molecule has 0 saturated heterocycles. The molecule has 0 aliphatic heterocycles. The molecule has 2 aromatic carbocycles. The molecule has 116 valence electrons. The molecule has 23 heavy (non-hydrogen) atoms. The zero-order valence-corrected chi connectivity index (χ0v) is 14.4. The molecule has 2 rings (SSSR count). The van der Waals surface area contributed by atoms with Gasteiger partial charge >= 0.3 is 0 Å². The van der Waals surface area contributed by atoms with Crippen molar-refractivity contribution in [2.45, 2.75) is 0 Å². The summed E-state index contributed by atoms with van der Waals surface area (Å²) in [6, 6.07) is 16.8. The number of benzene rings is 2. The number of thiocarbonyl (C=S) groups is 1. The first-order valence-corrected chi connectivity index (χ1v) is 7.83. The first-order valence-electron chi connectivity index (χ1n) is 6.63. The van der Waals surface area contributed by atoms with Crippen LogP contribution < -0.4 is 15.5 Å². The van der Waals surface area contributed by atoms with Gasteiger partial charge in [-0.25, -0.2) is 0 Å². The summed E-state index contributed by atoms with van der Waals surface area (Å²) in [4.78, 5) is 0. The molecule has 0 fully saturated rings. The van der Waals surface area contributed by atoms with E-state index in [1.807, 2.05) is 42.5 Å². The molecule has 2 aromatic rings. The summed E-state index contributed by atoms with van der Waals surface area (Å²) in [5, 5.41) is 15.9. The number of nitriles is 1. The molecule has 0 unspecified atom stereocenters. The molecule has 0 amide bonds. The normalized spacial score (nSPS) is 10.1. The van der Waals surface area contributed by atoms with Gasteiger partial charge in [0.2, 0.25) is 0 Å². The minimum atomic E-state index is 0.0323. The smallest absolute Gasteiger partial charge is 0.191 e. The van der Waals surface area contributed by atoms with Gasteiger partial charge in [0.25, 0.3) is 0 Å². The van der Waals surface area contributed by atoms with Crippen molar-refractivity contribution in [1.29, 1.82) is 5.26 Å². The van der Waals surface area contributed by atoms with Crippen LogP contribution in [0.1, 0.15) is 5.56 Å². The molecule has 5 nitrogen and oxygen atoms in total. The van der Waals surface area contributed by atoms with Crippen LogP contribution in [-0.4, -0.2) is 17.9 Å². The van der Waals surface area contributed by atoms with E-state index in [9.17, 15) is 0 Å². The van der Waals surface area contributed by atoms with E-state index in [2.05, 4.69) is 31.8 Å². The van der Waals surface area contributed by atoms with Crippen LogP contribution in [0.5, 0.6) is 5.75 Å². The number of nitrogens with one attached hydrogen (secondary N) is 2. The molecule has 0 heterocycles. The van der Waals surface area contributed by atoms with E-state index < -0.39 is 0 Å². The van der Waals surface area contributed by atoms with E-state index in [4.69, 9.17) is 22.2 Å². The predicted molar refractivity (Wildman–Crippen MR) is 98.6 cm³/mol. The van der Waals surface area contributed by atoms with Gasteiger partial charge in [-0.1, -0.05) is 22.0 Å². The third-order valence-corrected chi connectivity index (χ3v) is 3.33. The molecule has 2 N–H and O–H groups in total. The molecular weight excluding hydrogens is 376 g/mol. The first-order chi connectivity index (χ1) is 11.2. The van der Waals surface area contributed by atoms with Gasteiger partial charge in [0.1, 0.15) is 11.8 Å². The summed E-state index contributed by atoms with van der Waals surface area (Å²) in [7, 11) is 0. The van der Waals surface area contributed by atoms with Gasteiger partial charge in [-0.05, 0) is 60.2 Å². The molecular formula is C16H13BrN4OS. The van der Waals surface area contributed by atoms with Crippen molar-refractivity contribution in [2.75, 3.05) is 11.9 Å².